The zero-order valence-corrected chi connectivity index (χ0v) is 10.8. The average molecular weight is 297 g/mol. The standard InChI is InChI=1S/C12H15N3O6/c1-2-12(20)8(18)10(21-9(12)6(17)5-16)15-4-3-7(13)14-11(15)19/h1,3-4,6,8-10,16-18,20H,5H2,(H2,13,14,19)/t6-,8+,9-,10-,12+/m1/s1. The van der Waals surface area contributed by atoms with Crippen molar-refractivity contribution in [1.82, 2.24) is 9.55 Å². The third-order valence-electron chi connectivity index (χ3n) is 3.33. The third kappa shape index (κ3) is 2.39. The van der Waals surface area contributed by atoms with Crippen molar-refractivity contribution >= 4 is 5.82 Å². The average Bonchev–Trinajstić information content (AvgIpc) is 2.72. The van der Waals surface area contributed by atoms with Gasteiger partial charge in [-0.2, -0.15) is 4.98 Å². The summed E-state index contributed by atoms with van der Waals surface area (Å²) in [5.41, 5.74) is 2.26. The van der Waals surface area contributed by atoms with Crippen LogP contribution in [0, 0.1) is 12.3 Å². The smallest absolute Gasteiger partial charge is 0.351 e. The molecule has 1 saturated heterocycles. The van der Waals surface area contributed by atoms with E-state index < -0.39 is 42.4 Å². The number of hydrogen-bond acceptors (Lipinski definition) is 8. The fraction of sp³-hybridized carbons (Fsp3) is 0.500. The maximum Gasteiger partial charge on any atom is 0.351 e. The van der Waals surface area contributed by atoms with Crippen molar-refractivity contribution in [1.29, 1.82) is 0 Å². The van der Waals surface area contributed by atoms with E-state index in [0.29, 0.717) is 0 Å². The molecular weight excluding hydrogens is 282 g/mol. The number of ether oxygens (including phenoxy) is 1. The fourth-order valence-electron chi connectivity index (χ4n) is 2.20. The minimum absolute atomic E-state index is 0.0251. The number of nitrogens with two attached hydrogens (primary N) is 1. The van der Waals surface area contributed by atoms with Crippen LogP contribution < -0.4 is 11.4 Å². The van der Waals surface area contributed by atoms with Gasteiger partial charge in [0.05, 0.1) is 6.61 Å². The van der Waals surface area contributed by atoms with E-state index in [1.807, 2.05) is 5.92 Å². The Morgan fingerprint density at radius 3 is 2.86 bits per heavy atom. The highest BCUT2D eigenvalue weighted by Gasteiger charge is 2.57. The molecule has 1 aliphatic heterocycles. The Hall–Kier alpha value is -1.96. The molecule has 0 aromatic carbocycles. The number of nitrogen functional groups attached to an aromatic ring is 1. The summed E-state index contributed by atoms with van der Waals surface area (Å²) in [4.78, 5) is 15.2. The molecule has 9 nitrogen and oxygen atoms in total. The minimum atomic E-state index is -2.27. The molecule has 0 aliphatic carbocycles. The lowest BCUT2D eigenvalue weighted by Crippen LogP contribution is -2.52. The molecule has 0 spiro atoms. The molecular formula is C12H15N3O6. The first-order valence-corrected chi connectivity index (χ1v) is 6.02. The molecule has 21 heavy (non-hydrogen) atoms. The molecule has 0 bridgehead atoms. The molecule has 9 heteroatoms. The number of nitrogens with zero attached hydrogens (tertiary/aromatic N) is 2. The molecule has 1 fully saturated rings. The lowest BCUT2D eigenvalue weighted by molar-refractivity contribution is -0.111. The van der Waals surface area contributed by atoms with Crippen LogP contribution in [0.25, 0.3) is 0 Å². The van der Waals surface area contributed by atoms with Crippen molar-refractivity contribution in [2.75, 3.05) is 12.3 Å². The van der Waals surface area contributed by atoms with Crippen LogP contribution >= 0.6 is 0 Å². The van der Waals surface area contributed by atoms with Gasteiger partial charge in [0.1, 0.15) is 24.1 Å². The largest absolute Gasteiger partial charge is 0.394 e. The monoisotopic (exact) mass is 297 g/mol. The van der Waals surface area contributed by atoms with Crippen LogP contribution in [0.5, 0.6) is 0 Å². The first kappa shape index (κ1) is 15.4. The summed E-state index contributed by atoms with van der Waals surface area (Å²) >= 11 is 0. The highest BCUT2D eigenvalue weighted by atomic mass is 16.6. The maximum atomic E-state index is 11.8. The van der Waals surface area contributed by atoms with Gasteiger partial charge in [0.25, 0.3) is 0 Å². The highest BCUT2D eigenvalue weighted by Crippen LogP contribution is 2.37. The Labute approximate surface area is 119 Å². The molecule has 114 valence electrons. The molecule has 0 saturated carbocycles. The second-order valence-corrected chi connectivity index (χ2v) is 4.65. The molecule has 5 atom stereocenters. The minimum Gasteiger partial charge on any atom is -0.394 e. The Balaban J connectivity index is 2.44. The fourth-order valence-corrected chi connectivity index (χ4v) is 2.20. The van der Waals surface area contributed by atoms with Crippen LogP contribution in [-0.4, -0.2) is 60.5 Å². The predicted octanol–water partition coefficient (Wildman–Crippen LogP) is -3.20. The van der Waals surface area contributed by atoms with Crippen molar-refractivity contribution in [3.05, 3.63) is 22.7 Å². The van der Waals surface area contributed by atoms with Crippen molar-refractivity contribution in [3.8, 4) is 12.3 Å². The second kappa shape index (κ2) is 5.44. The van der Waals surface area contributed by atoms with E-state index in [0.717, 1.165) is 4.57 Å². The van der Waals surface area contributed by atoms with Gasteiger partial charge in [0.2, 0.25) is 0 Å². The van der Waals surface area contributed by atoms with Gasteiger partial charge in [-0.15, -0.1) is 6.42 Å². The van der Waals surface area contributed by atoms with Gasteiger partial charge in [-0.3, -0.25) is 4.57 Å². The van der Waals surface area contributed by atoms with Gasteiger partial charge in [-0.25, -0.2) is 4.79 Å². The molecule has 1 aliphatic rings. The predicted molar refractivity (Wildman–Crippen MR) is 69.7 cm³/mol. The summed E-state index contributed by atoms with van der Waals surface area (Å²) in [7, 11) is 0. The molecule has 6 N–H and O–H groups in total. The van der Waals surface area contributed by atoms with E-state index >= 15 is 0 Å². The van der Waals surface area contributed by atoms with E-state index in [4.69, 9.17) is 22.0 Å². The number of rotatable bonds is 3. The van der Waals surface area contributed by atoms with E-state index in [2.05, 4.69) is 4.98 Å². The Kier molecular flexibility index (Phi) is 3.99. The van der Waals surface area contributed by atoms with Crippen LogP contribution in [0.4, 0.5) is 5.82 Å². The summed E-state index contributed by atoms with van der Waals surface area (Å²) < 4.78 is 6.15. The zero-order valence-electron chi connectivity index (χ0n) is 10.8. The zero-order chi connectivity index (χ0) is 15.8. The molecule has 2 rings (SSSR count). The number of hydrogen-bond donors (Lipinski definition) is 5. The van der Waals surface area contributed by atoms with Gasteiger partial charge in [0, 0.05) is 6.20 Å². The van der Waals surface area contributed by atoms with E-state index in [1.165, 1.54) is 12.3 Å². The maximum absolute atomic E-state index is 11.8. The van der Waals surface area contributed by atoms with E-state index in [1.54, 1.807) is 0 Å². The lowest BCUT2D eigenvalue weighted by Gasteiger charge is -2.27. The molecule has 0 amide bonds. The second-order valence-electron chi connectivity index (χ2n) is 4.65. The summed E-state index contributed by atoms with van der Waals surface area (Å²) in [6.07, 6.45) is 0.298. The summed E-state index contributed by atoms with van der Waals surface area (Å²) in [5, 5.41) is 39.0. The van der Waals surface area contributed by atoms with Crippen molar-refractivity contribution in [2.45, 2.75) is 30.1 Å². The number of terminal acetylenes is 1. The van der Waals surface area contributed by atoms with Gasteiger partial charge >= 0.3 is 5.69 Å². The van der Waals surface area contributed by atoms with Crippen molar-refractivity contribution < 1.29 is 25.2 Å². The molecule has 2 heterocycles. The molecule has 0 radical (unpaired) electrons. The summed E-state index contributed by atoms with van der Waals surface area (Å²) in [6, 6.07) is 1.29. The summed E-state index contributed by atoms with van der Waals surface area (Å²) in [5.74, 6) is 1.91. The van der Waals surface area contributed by atoms with Crippen LogP contribution in [0.1, 0.15) is 6.23 Å². The Morgan fingerprint density at radius 1 is 1.67 bits per heavy atom. The number of aliphatic hydroxyl groups excluding tert-OH is 3. The normalized spacial score (nSPS) is 33.6. The van der Waals surface area contributed by atoms with Crippen LogP contribution in [-0.2, 0) is 4.74 Å². The van der Waals surface area contributed by atoms with Gasteiger partial charge < -0.3 is 30.9 Å². The van der Waals surface area contributed by atoms with E-state index in [-0.39, 0.29) is 5.82 Å². The number of aromatic nitrogens is 2. The van der Waals surface area contributed by atoms with Crippen molar-refractivity contribution in [2.24, 2.45) is 0 Å². The highest BCUT2D eigenvalue weighted by molar-refractivity contribution is 5.25. The third-order valence-corrected chi connectivity index (χ3v) is 3.33. The van der Waals surface area contributed by atoms with Crippen LogP contribution in [0.3, 0.4) is 0 Å². The Bertz CT molecular complexity index is 626. The topological polar surface area (TPSA) is 151 Å². The first-order chi connectivity index (χ1) is 9.85. The van der Waals surface area contributed by atoms with Gasteiger partial charge in [-0.05, 0) is 6.07 Å². The van der Waals surface area contributed by atoms with E-state index in [9.17, 15) is 20.1 Å². The van der Waals surface area contributed by atoms with Gasteiger partial charge in [0.15, 0.2) is 11.8 Å². The van der Waals surface area contributed by atoms with Crippen LogP contribution in [0.15, 0.2) is 17.1 Å². The molecule has 0 unspecified atom stereocenters. The number of aliphatic hydroxyl groups is 4. The molecule has 1 aromatic heterocycles. The van der Waals surface area contributed by atoms with Crippen LogP contribution in [0.2, 0.25) is 0 Å². The quantitative estimate of drug-likeness (QED) is 0.366. The lowest BCUT2D eigenvalue weighted by atomic mass is 9.90. The van der Waals surface area contributed by atoms with Gasteiger partial charge in [-0.1, -0.05) is 5.92 Å². The number of anilines is 1. The summed E-state index contributed by atoms with van der Waals surface area (Å²) in [6.45, 7) is -0.747. The molecule has 1 aromatic rings. The SMILES string of the molecule is C#C[C@@]1(O)[C@@H]([C@H](O)CO)O[C@@H](n2ccc(N)nc2=O)[C@@H]1O. The Morgan fingerprint density at radius 2 is 2.33 bits per heavy atom. The van der Waals surface area contributed by atoms with Crippen molar-refractivity contribution in [3.63, 3.8) is 0 Å². The first-order valence-electron chi connectivity index (χ1n) is 6.02.